The zero-order chi connectivity index (χ0) is 19.4. The van der Waals surface area contributed by atoms with Crippen LogP contribution in [0, 0.1) is 11.3 Å². The molecule has 0 radical (unpaired) electrons. The molecule has 2 aromatic rings. The van der Waals surface area contributed by atoms with Gasteiger partial charge in [-0.3, -0.25) is 9.89 Å². The fourth-order valence-corrected chi connectivity index (χ4v) is 4.96. The number of nitrogens with one attached hydrogen (secondary N) is 1. The molecule has 0 unspecified atom stereocenters. The maximum Gasteiger partial charge on any atom is 0.229 e. The lowest BCUT2D eigenvalue weighted by molar-refractivity contribution is -0.147. The molecule has 1 aromatic carbocycles. The highest BCUT2D eigenvalue weighted by Crippen LogP contribution is 2.38. The first-order valence-corrected chi connectivity index (χ1v) is 10.6. The Balaban J connectivity index is 1.49. The summed E-state index contributed by atoms with van der Waals surface area (Å²) in [6.45, 7) is 3.79. The third-order valence-electron chi connectivity index (χ3n) is 6.66. The van der Waals surface area contributed by atoms with Gasteiger partial charge in [0.05, 0.1) is 5.41 Å². The summed E-state index contributed by atoms with van der Waals surface area (Å²) < 4.78 is 0. The summed E-state index contributed by atoms with van der Waals surface area (Å²) in [7, 11) is 2.16. The Hall–Kier alpha value is -2.14. The molecule has 0 bridgehead atoms. The van der Waals surface area contributed by atoms with Crippen LogP contribution in [-0.4, -0.2) is 59.1 Å². The van der Waals surface area contributed by atoms with Crippen molar-refractivity contribution in [2.45, 2.75) is 38.5 Å². The number of aromatic nitrogens is 2. The standard InChI is InChI=1S/C23H32N4O/c1-26-14-10-23(11-15-26,17-19-6-3-2-4-7-19)22(28)27-13-5-8-20(18-27)16-21-9-12-24-25-21/h2-4,6-7,9,12,20H,5,8,10-11,13-18H2,1H3,(H,24,25)/t20-/m0/s1. The highest BCUT2D eigenvalue weighted by Gasteiger charge is 2.43. The molecular weight excluding hydrogens is 348 g/mol. The minimum atomic E-state index is -0.246. The number of aromatic amines is 1. The van der Waals surface area contributed by atoms with E-state index in [1.165, 1.54) is 17.7 Å². The monoisotopic (exact) mass is 380 g/mol. The van der Waals surface area contributed by atoms with Gasteiger partial charge in [-0.25, -0.2) is 0 Å². The molecule has 2 fully saturated rings. The lowest BCUT2D eigenvalue weighted by Gasteiger charge is -2.44. The first-order chi connectivity index (χ1) is 13.6. The number of carbonyl (C=O) groups excluding carboxylic acids is 1. The normalized spacial score (nSPS) is 22.9. The van der Waals surface area contributed by atoms with Crippen LogP contribution in [0.4, 0.5) is 0 Å². The zero-order valence-electron chi connectivity index (χ0n) is 16.9. The number of rotatable bonds is 5. The van der Waals surface area contributed by atoms with E-state index in [9.17, 15) is 4.79 Å². The number of amides is 1. The van der Waals surface area contributed by atoms with E-state index in [2.05, 4.69) is 63.4 Å². The first kappa shape index (κ1) is 19.2. The van der Waals surface area contributed by atoms with Gasteiger partial charge in [-0.2, -0.15) is 5.10 Å². The molecule has 2 saturated heterocycles. The van der Waals surface area contributed by atoms with Crippen molar-refractivity contribution in [2.75, 3.05) is 33.2 Å². The number of hydrogen-bond acceptors (Lipinski definition) is 3. The van der Waals surface area contributed by atoms with Crippen molar-refractivity contribution in [3.05, 3.63) is 53.9 Å². The summed E-state index contributed by atoms with van der Waals surface area (Å²) in [6.07, 6.45) is 7.87. The molecule has 5 nitrogen and oxygen atoms in total. The van der Waals surface area contributed by atoms with Gasteiger partial charge in [0.15, 0.2) is 0 Å². The van der Waals surface area contributed by atoms with Crippen LogP contribution in [-0.2, 0) is 17.6 Å². The SMILES string of the molecule is CN1CCC(Cc2ccccc2)(C(=O)N2CCC[C@@H](Cc3ccn[nH]3)C2)CC1. The Bertz CT molecular complexity index is 750. The number of likely N-dealkylation sites (tertiary alicyclic amines) is 2. The van der Waals surface area contributed by atoms with E-state index in [-0.39, 0.29) is 5.41 Å². The van der Waals surface area contributed by atoms with E-state index in [0.29, 0.717) is 11.8 Å². The van der Waals surface area contributed by atoms with E-state index in [1.54, 1.807) is 0 Å². The minimum Gasteiger partial charge on any atom is -0.342 e. The summed E-state index contributed by atoms with van der Waals surface area (Å²) in [5.74, 6) is 0.914. The molecule has 3 heterocycles. The molecule has 2 aliphatic heterocycles. The summed E-state index contributed by atoms with van der Waals surface area (Å²) in [6, 6.07) is 12.6. The Morgan fingerprint density at radius 3 is 2.68 bits per heavy atom. The van der Waals surface area contributed by atoms with Crippen LogP contribution in [0.2, 0.25) is 0 Å². The predicted molar refractivity (Wildman–Crippen MR) is 111 cm³/mol. The van der Waals surface area contributed by atoms with Gasteiger partial charge in [0, 0.05) is 25.0 Å². The number of carbonyl (C=O) groups is 1. The second-order valence-corrected chi connectivity index (χ2v) is 8.79. The van der Waals surface area contributed by atoms with Crippen molar-refractivity contribution in [3.8, 4) is 0 Å². The van der Waals surface area contributed by atoms with Crippen LogP contribution in [0.15, 0.2) is 42.6 Å². The molecule has 0 spiro atoms. The highest BCUT2D eigenvalue weighted by atomic mass is 16.2. The lowest BCUT2D eigenvalue weighted by Crippen LogP contribution is -2.53. The number of H-pyrrole nitrogens is 1. The molecule has 4 rings (SSSR count). The average Bonchev–Trinajstić information content (AvgIpc) is 3.23. The van der Waals surface area contributed by atoms with Crippen LogP contribution in [0.3, 0.4) is 0 Å². The van der Waals surface area contributed by atoms with Crippen LogP contribution >= 0.6 is 0 Å². The Morgan fingerprint density at radius 1 is 1.18 bits per heavy atom. The molecule has 0 aliphatic carbocycles. The molecule has 28 heavy (non-hydrogen) atoms. The molecule has 1 N–H and O–H groups in total. The summed E-state index contributed by atoms with van der Waals surface area (Å²) in [5.41, 5.74) is 2.22. The van der Waals surface area contributed by atoms with Crippen LogP contribution < -0.4 is 0 Å². The number of piperidine rings is 2. The van der Waals surface area contributed by atoms with Gasteiger partial charge in [0.25, 0.3) is 0 Å². The van der Waals surface area contributed by atoms with E-state index < -0.39 is 0 Å². The van der Waals surface area contributed by atoms with Gasteiger partial charge in [0.1, 0.15) is 0 Å². The van der Waals surface area contributed by atoms with E-state index in [1.807, 2.05) is 6.20 Å². The molecule has 5 heteroatoms. The van der Waals surface area contributed by atoms with E-state index >= 15 is 0 Å². The average molecular weight is 381 g/mol. The van der Waals surface area contributed by atoms with Crippen molar-refractivity contribution in [2.24, 2.45) is 11.3 Å². The third-order valence-corrected chi connectivity index (χ3v) is 6.66. The van der Waals surface area contributed by atoms with Crippen molar-refractivity contribution < 1.29 is 4.79 Å². The molecule has 2 aliphatic rings. The second kappa shape index (κ2) is 8.48. The maximum atomic E-state index is 13.8. The molecular formula is C23H32N4O. The highest BCUT2D eigenvalue weighted by molar-refractivity contribution is 5.83. The minimum absolute atomic E-state index is 0.246. The molecule has 150 valence electrons. The van der Waals surface area contributed by atoms with Gasteiger partial charge in [0.2, 0.25) is 5.91 Å². The maximum absolute atomic E-state index is 13.8. The predicted octanol–water partition coefficient (Wildman–Crippen LogP) is 3.15. The van der Waals surface area contributed by atoms with Gasteiger partial charge < -0.3 is 9.80 Å². The molecule has 1 amide bonds. The topological polar surface area (TPSA) is 52.2 Å². The molecule has 0 saturated carbocycles. The first-order valence-electron chi connectivity index (χ1n) is 10.6. The Morgan fingerprint density at radius 2 is 1.96 bits per heavy atom. The lowest BCUT2D eigenvalue weighted by atomic mass is 9.72. The van der Waals surface area contributed by atoms with E-state index in [0.717, 1.165) is 58.3 Å². The van der Waals surface area contributed by atoms with Crippen LogP contribution in [0.1, 0.15) is 36.9 Å². The number of nitrogens with zero attached hydrogens (tertiary/aromatic N) is 3. The number of hydrogen-bond donors (Lipinski definition) is 1. The molecule has 1 atom stereocenters. The number of benzene rings is 1. The fraction of sp³-hybridized carbons (Fsp3) is 0.565. The van der Waals surface area contributed by atoms with Gasteiger partial charge >= 0.3 is 0 Å². The second-order valence-electron chi connectivity index (χ2n) is 8.79. The fourth-order valence-electron chi connectivity index (χ4n) is 4.96. The molecule has 1 aromatic heterocycles. The van der Waals surface area contributed by atoms with Crippen molar-refractivity contribution in [1.29, 1.82) is 0 Å². The Kier molecular flexibility index (Phi) is 5.81. The van der Waals surface area contributed by atoms with Crippen molar-refractivity contribution in [3.63, 3.8) is 0 Å². The Labute approximate surface area is 168 Å². The largest absolute Gasteiger partial charge is 0.342 e. The van der Waals surface area contributed by atoms with Crippen LogP contribution in [0.25, 0.3) is 0 Å². The smallest absolute Gasteiger partial charge is 0.229 e. The quantitative estimate of drug-likeness (QED) is 0.867. The summed E-state index contributed by atoms with van der Waals surface area (Å²) >= 11 is 0. The van der Waals surface area contributed by atoms with Crippen molar-refractivity contribution in [1.82, 2.24) is 20.0 Å². The van der Waals surface area contributed by atoms with Crippen LogP contribution in [0.5, 0.6) is 0 Å². The van der Waals surface area contributed by atoms with Gasteiger partial charge in [-0.05, 0) is 76.2 Å². The zero-order valence-corrected chi connectivity index (χ0v) is 16.9. The summed E-state index contributed by atoms with van der Waals surface area (Å²) in [4.78, 5) is 18.4. The van der Waals surface area contributed by atoms with E-state index in [4.69, 9.17) is 0 Å². The third kappa shape index (κ3) is 4.30. The van der Waals surface area contributed by atoms with Gasteiger partial charge in [-0.15, -0.1) is 0 Å². The van der Waals surface area contributed by atoms with Crippen molar-refractivity contribution >= 4 is 5.91 Å². The summed E-state index contributed by atoms with van der Waals surface area (Å²) in [5, 5.41) is 7.15. The van der Waals surface area contributed by atoms with Gasteiger partial charge in [-0.1, -0.05) is 30.3 Å².